The molecule has 0 amide bonds. The monoisotopic (exact) mass is 209 g/mol. The highest BCUT2D eigenvalue weighted by Crippen LogP contribution is 2.11. The van der Waals surface area contributed by atoms with Crippen molar-refractivity contribution in [3.8, 4) is 5.75 Å². The van der Waals surface area contributed by atoms with Gasteiger partial charge in [-0.25, -0.2) is 0 Å². The molecule has 0 aromatic heterocycles. The lowest BCUT2D eigenvalue weighted by Gasteiger charge is -2.15. The molecule has 15 heavy (non-hydrogen) atoms. The fourth-order valence-corrected chi connectivity index (χ4v) is 1.31. The molecule has 0 bridgehead atoms. The summed E-state index contributed by atoms with van der Waals surface area (Å²) in [7, 11) is 1.97. The Morgan fingerprint density at radius 3 is 2.80 bits per heavy atom. The predicted molar refractivity (Wildman–Crippen MR) is 61.3 cm³/mol. The van der Waals surface area contributed by atoms with Crippen LogP contribution in [0.2, 0.25) is 0 Å². The summed E-state index contributed by atoms with van der Waals surface area (Å²) in [4.78, 5) is 2.04. The Labute approximate surface area is 91.3 Å². The summed E-state index contributed by atoms with van der Waals surface area (Å²) in [6.45, 7) is 4.41. The largest absolute Gasteiger partial charge is 0.492 e. The number of aliphatic hydroxyl groups is 1. The second kappa shape index (κ2) is 6.43. The minimum absolute atomic E-state index is 0.195. The zero-order valence-electron chi connectivity index (χ0n) is 9.44. The van der Waals surface area contributed by atoms with Crippen LogP contribution in [0.4, 0.5) is 0 Å². The third kappa shape index (κ3) is 4.81. The minimum Gasteiger partial charge on any atom is -0.492 e. The molecule has 0 radical (unpaired) electrons. The molecule has 1 N–H and O–H groups in total. The topological polar surface area (TPSA) is 32.7 Å². The van der Waals surface area contributed by atoms with Gasteiger partial charge in [-0.05, 0) is 31.7 Å². The standard InChI is InChI=1S/C12H19NO2/c1-11-4-3-5-12(10-11)15-9-7-13(2)6-8-14/h3-5,10,14H,6-9H2,1-2H3. The van der Waals surface area contributed by atoms with Crippen LogP contribution in [0, 0.1) is 6.92 Å². The van der Waals surface area contributed by atoms with E-state index in [0.29, 0.717) is 13.2 Å². The van der Waals surface area contributed by atoms with Crippen molar-refractivity contribution in [2.24, 2.45) is 0 Å². The highest BCUT2D eigenvalue weighted by atomic mass is 16.5. The summed E-state index contributed by atoms with van der Waals surface area (Å²) in [6, 6.07) is 8.01. The summed E-state index contributed by atoms with van der Waals surface area (Å²) in [5.74, 6) is 0.910. The maximum Gasteiger partial charge on any atom is 0.119 e. The lowest BCUT2D eigenvalue weighted by atomic mass is 10.2. The molecule has 84 valence electrons. The van der Waals surface area contributed by atoms with Crippen LogP contribution in [0.1, 0.15) is 5.56 Å². The maximum absolute atomic E-state index is 8.71. The molecule has 0 unspecified atom stereocenters. The summed E-state index contributed by atoms with van der Waals surface area (Å²) in [5.41, 5.74) is 1.20. The maximum atomic E-state index is 8.71. The minimum atomic E-state index is 0.195. The van der Waals surface area contributed by atoms with E-state index in [2.05, 4.69) is 0 Å². The molecular formula is C12H19NO2. The molecule has 1 aromatic rings. The van der Waals surface area contributed by atoms with Crippen molar-refractivity contribution < 1.29 is 9.84 Å². The van der Waals surface area contributed by atoms with E-state index in [4.69, 9.17) is 9.84 Å². The Morgan fingerprint density at radius 2 is 2.13 bits per heavy atom. The molecule has 0 aliphatic carbocycles. The number of hydrogen-bond acceptors (Lipinski definition) is 3. The summed E-state index contributed by atoms with van der Waals surface area (Å²) in [6.07, 6.45) is 0. The number of nitrogens with zero attached hydrogens (tertiary/aromatic N) is 1. The Kier molecular flexibility index (Phi) is 5.15. The van der Waals surface area contributed by atoms with E-state index in [1.807, 2.05) is 43.1 Å². The molecule has 1 rings (SSSR count). The van der Waals surface area contributed by atoms with Crippen molar-refractivity contribution in [2.45, 2.75) is 6.92 Å². The average Bonchev–Trinajstić information content (AvgIpc) is 2.18. The van der Waals surface area contributed by atoms with Gasteiger partial charge in [-0.15, -0.1) is 0 Å². The Bertz CT molecular complexity index is 289. The average molecular weight is 209 g/mol. The van der Waals surface area contributed by atoms with Crippen molar-refractivity contribution in [1.82, 2.24) is 4.90 Å². The molecule has 0 saturated carbocycles. The lowest BCUT2D eigenvalue weighted by Crippen LogP contribution is -2.27. The molecule has 3 heteroatoms. The molecule has 0 aliphatic rings. The van der Waals surface area contributed by atoms with Crippen LogP contribution in [-0.2, 0) is 0 Å². The molecule has 0 saturated heterocycles. The van der Waals surface area contributed by atoms with Gasteiger partial charge in [0, 0.05) is 13.1 Å². The number of likely N-dealkylation sites (N-methyl/N-ethyl adjacent to an activating group) is 1. The number of aryl methyl sites for hydroxylation is 1. The molecule has 0 aliphatic heterocycles. The van der Waals surface area contributed by atoms with Gasteiger partial charge in [-0.1, -0.05) is 12.1 Å². The van der Waals surface area contributed by atoms with E-state index in [1.165, 1.54) is 5.56 Å². The first kappa shape index (κ1) is 12.0. The van der Waals surface area contributed by atoms with Gasteiger partial charge in [0.05, 0.1) is 6.61 Å². The molecule has 0 fully saturated rings. The van der Waals surface area contributed by atoms with E-state index in [1.54, 1.807) is 0 Å². The second-order valence-corrected chi connectivity index (χ2v) is 3.69. The molecule has 0 atom stereocenters. The number of aliphatic hydroxyl groups excluding tert-OH is 1. The normalized spacial score (nSPS) is 10.7. The Hall–Kier alpha value is -1.06. The van der Waals surface area contributed by atoms with Gasteiger partial charge in [0.2, 0.25) is 0 Å². The fourth-order valence-electron chi connectivity index (χ4n) is 1.31. The first-order valence-corrected chi connectivity index (χ1v) is 5.21. The van der Waals surface area contributed by atoms with E-state index in [9.17, 15) is 0 Å². The van der Waals surface area contributed by atoms with Gasteiger partial charge in [-0.3, -0.25) is 0 Å². The molecule has 0 heterocycles. The van der Waals surface area contributed by atoms with Gasteiger partial charge in [0.15, 0.2) is 0 Å². The van der Waals surface area contributed by atoms with Crippen LogP contribution in [0.25, 0.3) is 0 Å². The van der Waals surface area contributed by atoms with Crippen LogP contribution in [0.3, 0.4) is 0 Å². The highest BCUT2D eigenvalue weighted by molar-refractivity contribution is 5.27. The van der Waals surface area contributed by atoms with Gasteiger partial charge in [0.1, 0.15) is 12.4 Å². The molecular weight excluding hydrogens is 190 g/mol. The third-order valence-electron chi connectivity index (χ3n) is 2.21. The van der Waals surface area contributed by atoms with E-state index < -0.39 is 0 Å². The van der Waals surface area contributed by atoms with Crippen LogP contribution < -0.4 is 4.74 Å². The van der Waals surface area contributed by atoms with E-state index in [-0.39, 0.29) is 6.61 Å². The van der Waals surface area contributed by atoms with E-state index in [0.717, 1.165) is 12.3 Å². The SMILES string of the molecule is Cc1cccc(OCCN(C)CCO)c1. The molecule has 0 spiro atoms. The number of rotatable bonds is 6. The summed E-state index contributed by atoms with van der Waals surface area (Å²) >= 11 is 0. The summed E-state index contributed by atoms with van der Waals surface area (Å²) < 4.78 is 5.58. The van der Waals surface area contributed by atoms with Crippen LogP contribution in [-0.4, -0.2) is 43.4 Å². The van der Waals surface area contributed by atoms with Crippen molar-refractivity contribution in [2.75, 3.05) is 33.4 Å². The van der Waals surface area contributed by atoms with Gasteiger partial charge in [0.25, 0.3) is 0 Å². The fraction of sp³-hybridized carbons (Fsp3) is 0.500. The lowest BCUT2D eigenvalue weighted by molar-refractivity contribution is 0.192. The van der Waals surface area contributed by atoms with E-state index >= 15 is 0 Å². The quantitative estimate of drug-likeness (QED) is 0.766. The number of benzene rings is 1. The predicted octanol–water partition coefficient (Wildman–Crippen LogP) is 1.30. The molecule has 1 aromatic carbocycles. The van der Waals surface area contributed by atoms with Gasteiger partial charge >= 0.3 is 0 Å². The number of hydrogen-bond donors (Lipinski definition) is 1. The van der Waals surface area contributed by atoms with Crippen molar-refractivity contribution in [1.29, 1.82) is 0 Å². The van der Waals surface area contributed by atoms with Crippen molar-refractivity contribution in [3.05, 3.63) is 29.8 Å². The van der Waals surface area contributed by atoms with Crippen LogP contribution in [0.15, 0.2) is 24.3 Å². The van der Waals surface area contributed by atoms with Crippen LogP contribution >= 0.6 is 0 Å². The second-order valence-electron chi connectivity index (χ2n) is 3.69. The van der Waals surface area contributed by atoms with Gasteiger partial charge < -0.3 is 14.7 Å². The Balaban J connectivity index is 2.25. The number of ether oxygens (including phenoxy) is 1. The van der Waals surface area contributed by atoms with Gasteiger partial charge in [-0.2, -0.15) is 0 Å². The van der Waals surface area contributed by atoms with Crippen molar-refractivity contribution in [3.63, 3.8) is 0 Å². The zero-order chi connectivity index (χ0) is 11.1. The Morgan fingerprint density at radius 1 is 1.33 bits per heavy atom. The first-order valence-electron chi connectivity index (χ1n) is 5.21. The van der Waals surface area contributed by atoms with Crippen LogP contribution in [0.5, 0.6) is 5.75 Å². The smallest absolute Gasteiger partial charge is 0.119 e. The zero-order valence-corrected chi connectivity index (χ0v) is 9.44. The summed E-state index contributed by atoms with van der Waals surface area (Å²) in [5, 5.41) is 8.71. The highest BCUT2D eigenvalue weighted by Gasteiger charge is 1.98. The first-order chi connectivity index (χ1) is 7.22. The van der Waals surface area contributed by atoms with Crippen molar-refractivity contribution >= 4 is 0 Å². The third-order valence-corrected chi connectivity index (χ3v) is 2.21. The molecule has 3 nitrogen and oxygen atoms in total.